The summed E-state index contributed by atoms with van der Waals surface area (Å²) in [5, 5.41) is 6.11. The smallest absolute Gasteiger partial charge is 0.352 e. The van der Waals surface area contributed by atoms with Crippen molar-refractivity contribution >= 4 is 5.91 Å². The van der Waals surface area contributed by atoms with E-state index in [1.807, 2.05) is 0 Å². The van der Waals surface area contributed by atoms with Gasteiger partial charge in [0.2, 0.25) is 11.7 Å². The highest BCUT2D eigenvalue weighted by Gasteiger charge is 2.31. The number of alkyl halides is 6. The Kier molecular flexibility index (Phi) is 5.81. The molecule has 1 amide bonds. The first-order valence-electron chi connectivity index (χ1n) is 8.50. The molecule has 3 aromatic rings. The molecule has 0 aliphatic heterocycles. The number of amides is 1. The fourth-order valence-corrected chi connectivity index (χ4v) is 2.50. The van der Waals surface area contributed by atoms with Gasteiger partial charge in [0, 0.05) is 24.1 Å². The van der Waals surface area contributed by atoms with Crippen molar-refractivity contribution in [3.63, 3.8) is 0 Å². The van der Waals surface area contributed by atoms with E-state index >= 15 is 0 Å². The van der Waals surface area contributed by atoms with E-state index in [9.17, 15) is 31.1 Å². The summed E-state index contributed by atoms with van der Waals surface area (Å²) in [6.07, 6.45) is -8.92. The first kappa shape index (κ1) is 21.3. The Morgan fingerprint density at radius 2 is 1.60 bits per heavy atom. The molecular formula is C19H13F6N3O2. The molecule has 1 aromatic heterocycles. The Labute approximate surface area is 165 Å². The minimum absolute atomic E-state index is 0.0318. The third-order valence-corrected chi connectivity index (χ3v) is 4.02. The highest BCUT2D eigenvalue weighted by Crippen LogP contribution is 2.31. The van der Waals surface area contributed by atoms with Gasteiger partial charge < -0.3 is 9.84 Å². The topological polar surface area (TPSA) is 68.0 Å². The van der Waals surface area contributed by atoms with Gasteiger partial charge in [-0.3, -0.25) is 4.79 Å². The predicted molar refractivity (Wildman–Crippen MR) is 92.2 cm³/mol. The Hall–Kier alpha value is -3.37. The lowest BCUT2D eigenvalue weighted by Crippen LogP contribution is -2.25. The molecule has 2 aromatic carbocycles. The maximum Gasteiger partial charge on any atom is 0.416 e. The summed E-state index contributed by atoms with van der Waals surface area (Å²) in [6.45, 7) is 0.0318. The Morgan fingerprint density at radius 1 is 0.933 bits per heavy atom. The zero-order valence-corrected chi connectivity index (χ0v) is 15.0. The van der Waals surface area contributed by atoms with Crippen LogP contribution in [-0.2, 0) is 18.8 Å². The summed E-state index contributed by atoms with van der Waals surface area (Å²) in [7, 11) is 0. The maximum absolute atomic E-state index is 12.8. The zero-order valence-electron chi connectivity index (χ0n) is 15.0. The van der Waals surface area contributed by atoms with Crippen LogP contribution < -0.4 is 5.32 Å². The SMILES string of the molecule is O=C(NCCc1nc(-c2cccc(C(F)(F)F)c2)no1)c1ccc(C(F)(F)F)cc1. The molecule has 1 N–H and O–H groups in total. The van der Waals surface area contributed by atoms with Crippen LogP contribution in [0.4, 0.5) is 26.3 Å². The van der Waals surface area contributed by atoms with Crippen LogP contribution in [0.3, 0.4) is 0 Å². The summed E-state index contributed by atoms with van der Waals surface area (Å²) in [4.78, 5) is 16.0. The van der Waals surface area contributed by atoms with Gasteiger partial charge in [-0.25, -0.2) is 0 Å². The number of halogens is 6. The lowest BCUT2D eigenvalue weighted by Gasteiger charge is -2.07. The van der Waals surface area contributed by atoms with Crippen LogP contribution >= 0.6 is 0 Å². The first-order valence-corrected chi connectivity index (χ1v) is 8.50. The summed E-state index contributed by atoms with van der Waals surface area (Å²) in [6, 6.07) is 8.13. The quantitative estimate of drug-likeness (QED) is 0.595. The van der Waals surface area contributed by atoms with Crippen LogP contribution in [-0.4, -0.2) is 22.6 Å². The van der Waals surface area contributed by atoms with E-state index < -0.39 is 29.4 Å². The van der Waals surface area contributed by atoms with Gasteiger partial charge >= 0.3 is 12.4 Å². The molecular weight excluding hydrogens is 416 g/mol. The van der Waals surface area contributed by atoms with Crippen LogP contribution in [0.5, 0.6) is 0 Å². The van der Waals surface area contributed by atoms with Crippen molar-refractivity contribution in [3.05, 3.63) is 71.1 Å². The van der Waals surface area contributed by atoms with Gasteiger partial charge in [-0.05, 0) is 36.4 Å². The van der Waals surface area contributed by atoms with Crippen molar-refractivity contribution in [1.29, 1.82) is 0 Å². The summed E-state index contributed by atoms with van der Waals surface area (Å²) in [5.41, 5.74) is -1.56. The number of rotatable bonds is 5. The molecule has 0 saturated carbocycles. The molecule has 11 heteroatoms. The van der Waals surface area contributed by atoms with Crippen LogP contribution in [0, 0.1) is 0 Å². The van der Waals surface area contributed by atoms with E-state index in [1.165, 1.54) is 12.1 Å². The van der Waals surface area contributed by atoms with Crippen molar-refractivity contribution < 1.29 is 35.7 Å². The monoisotopic (exact) mass is 429 g/mol. The van der Waals surface area contributed by atoms with Gasteiger partial charge in [-0.15, -0.1) is 0 Å². The van der Waals surface area contributed by atoms with Gasteiger partial charge in [-0.1, -0.05) is 17.3 Å². The largest absolute Gasteiger partial charge is 0.416 e. The molecule has 0 radical (unpaired) electrons. The molecule has 0 aliphatic carbocycles. The predicted octanol–water partition coefficient (Wildman–Crippen LogP) is 4.75. The van der Waals surface area contributed by atoms with Crippen LogP contribution in [0.15, 0.2) is 53.1 Å². The number of hydrogen-bond acceptors (Lipinski definition) is 4. The first-order chi connectivity index (χ1) is 14.0. The van der Waals surface area contributed by atoms with E-state index in [0.29, 0.717) is 0 Å². The van der Waals surface area contributed by atoms with E-state index in [2.05, 4.69) is 15.5 Å². The maximum atomic E-state index is 12.8. The second kappa shape index (κ2) is 8.17. The number of nitrogens with one attached hydrogen (secondary N) is 1. The third-order valence-electron chi connectivity index (χ3n) is 4.02. The number of nitrogens with zero attached hydrogens (tertiary/aromatic N) is 2. The minimum atomic E-state index is -4.51. The second-order valence-electron chi connectivity index (χ2n) is 6.17. The van der Waals surface area contributed by atoms with Gasteiger partial charge in [0.05, 0.1) is 11.1 Å². The molecule has 0 fully saturated rings. The Bertz CT molecular complexity index is 1030. The lowest BCUT2D eigenvalue weighted by molar-refractivity contribution is -0.138. The zero-order chi connectivity index (χ0) is 21.9. The molecule has 0 spiro atoms. The molecule has 3 rings (SSSR count). The van der Waals surface area contributed by atoms with Gasteiger partial charge in [0.1, 0.15) is 0 Å². The van der Waals surface area contributed by atoms with Gasteiger partial charge in [0.25, 0.3) is 5.91 Å². The summed E-state index contributed by atoms with van der Waals surface area (Å²) < 4.78 is 80.9. The number of benzene rings is 2. The molecule has 0 unspecified atom stereocenters. The molecule has 0 saturated heterocycles. The Balaban J connectivity index is 1.58. The standard InChI is InChI=1S/C19H13F6N3O2/c20-18(21,22)13-6-4-11(5-7-13)17(29)26-9-8-15-27-16(28-30-15)12-2-1-3-14(10-12)19(23,24)25/h1-7,10H,8-9H2,(H,26,29). The van der Waals surface area contributed by atoms with Gasteiger partial charge in [0.15, 0.2) is 0 Å². The normalized spacial score (nSPS) is 12.1. The van der Waals surface area contributed by atoms with Crippen molar-refractivity contribution in [2.75, 3.05) is 6.54 Å². The summed E-state index contributed by atoms with van der Waals surface area (Å²) >= 11 is 0. The molecule has 158 valence electrons. The van der Waals surface area contributed by atoms with Crippen molar-refractivity contribution in [3.8, 4) is 11.4 Å². The van der Waals surface area contributed by atoms with Crippen molar-refractivity contribution in [1.82, 2.24) is 15.5 Å². The van der Waals surface area contributed by atoms with E-state index in [-0.39, 0.29) is 35.8 Å². The summed E-state index contributed by atoms with van der Waals surface area (Å²) in [5.74, 6) is -0.554. The van der Waals surface area contributed by atoms with Gasteiger partial charge in [-0.2, -0.15) is 31.3 Å². The molecule has 0 atom stereocenters. The highest BCUT2D eigenvalue weighted by molar-refractivity contribution is 5.94. The minimum Gasteiger partial charge on any atom is -0.352 e. The van der Waals surface area contributed by atoms with E-state index in [4.69, 9.17) is 4.52 Å². The molecule has 0 bridgehead atoms. The van der Waals surface area contributed by atoms with Crippen LogP contribution in [0.2, 0.25) is 0 Å². The second-order valence-corrected chi connectivity index (χ2v) is 6.17. The molecule has 5 nitrogen and oxygen atoms in total. The number of carbonyl (C=O) groups is 1. The fraction of sp³-hybridized carbons (Fsp3) is 0.211. The Morgan fingerprint density at radius 3 is 2.23 bits per heavy atom. The van der Waals surface area contributed by atoms with Crippen molar-refractivity contribution in [2.24, 2.45) is 0 Å². The molecule has 1 heterocycles. The molecule has 0 aliphatic rings. The average molecular weight is 429 g/mol. The highest BCUT2D eigenvalue weighted by atomic mass is 19.4. The van der Waals surface area contributed by atoms with Crippen LogP contribution in [0.1, 0.15) is 27.4 Å². The number of hydrogen-bond donors (Lipinski definition) is 1. The van der Waals surface area contributed by atoms with E-state index in [0.717, 1.165) is 36.4 Å². The fourth-order valence-electron chi connectivity index (χ4n) is 2.50. The third kappa shape index (κ3) is 5.16. The molecule has 30 heavy (non-hydrogen) atoms. The average Bonchev–Trinajstić information content (AvgIpc) is 3.16. The number of aromatic nitrogens is 2. The number of carbonyl (C=O) groups excluding carboxylic acids is 1. The lowest BCUT2D eigenvalue weighted by atomic mass is 10.1. The van der Waals surface area contributed by atoms with E-state index in [1.54, 1.807) is 0 Å². The van der Waals surface area contributed by atoms with Crippen molar-refractivity contribution in [2.45, 2.75) is 18.8 Å². The van der Waals surface area contributed by atoms with Crippen LogP contribution in [0.25, 0.3) is 11.4 Å².